The predicted octanol–water partition coefficient (Wildman–Crippen LogP) is 2.18. The Balaban J connectivity index is 2.62. The zero-order valence-corrected chi connectivity index (χ0v) is 12.4. The molecule has 0 aliphatic carbocycles. The van der Waals surface area contributed by atoms with Gasteiger partial charge in [0.25, 0.3) is 0 Å². The lowest BCUT2D eigenvalue weighted by atomic mass is 10.0. The lowest BCUT2D eigenvalue weighted by Gasteiger charge is -2.02. The average Bonchev–Trinajstić information content (AvgIpc) is 2.94. The van der Waals surface area contributed by atoms with Crippen LogP contribution in [0.4, 0.5) is 0 Å². The standard InChI is InChI=1S/C16H16N2OS/c1-11(2)13(9-19)7-8-14-12(3)5-4-6-15(14)16-18-17-10-20-16/h4-11H,3H2,1-2H3/b13-7-,14-8+. The second kappa shape index (κ2) is 6.39. The van der Waals surface area contributed by atoms with Crippen LogP contribution in [-0.4, -0.2) is 16.5 Å². The van der Waals surface area contributed by atoms with E-state index in [2.05, 4.69) is 16.8 Å². The number of aldehydes is 1. The number of benzene rings is 1. The topological polar surface area (TPSA) is 42.9 Å². The molecule has 0 aliphatic heterocycles. The van der Waals surface area contributed by atoms with Crippen LogP contribution in [0.3, 0.4) is 0 Å². The molecule has 0 fully saturated rings. The first kappa shape index (κ1) is 14.3. The van der Waals surface area contributed by atoms with Crippen LogP contribution in [0.5, 0.6) is 0 Å². The molecule has 1 aromatic heterocycles. The van der Waals surface area contributed by atoms with Crippen LogP contribution in [0.15, 0.2) is 35.4 Å². The summed E-state index contributed by atoms with van der Waals surface area (Å²) in [5.74, 6) is 0.200. The molecule has 0 spiro atoms. The van der Waals surface area contributed by atoms with Gasteiger partial charge in [0.15, 0.2) is 0 Å². The predicted molar refractivity (Wildman–Crippen MR) is 83.6 cm³/mol. The van der Waals surface area contributed by atoms with Crippen molar-refractivity contribution in [3.05, 3.63) is 45.8 Å². The minimum absolute atomic E-state index is 0.200. The van der Waals surface area contributed by atoms with E-state index in [0.29, 0.717) is 0 Å². The molecule has 0 unspecified atom stereocenters. The van der Waals surface area contributed by atoms with E-state index in [1.807, 2.05) is 44.2 Å². The first-order valence-corrected chi connectivity index (χ1v) is 7.23. The fourth-order valence-corrected chi connectivity index (χ4v) is 2.43. The van der Waals surface area contributed by atoms with Gasteiger partial charge in [-0.25, -0.2) is 0 Å². The van der Waals surface area contributed by atoms with E-state index in [0.717, 1.165) is 32.9 Å². The second-order valence-corrected chi connectivity index (χ2v) is 5.56. The summed E-state index contributed by atoms with van der Waals surface area (Å²) in [6.07, 6.45) is 4.69. The number of aromatic nitrogens is 2. The zero-order chi connectivity index (χ0) is 14.5. The molecule has 20 heavy (non-hydrogen) atoms. The normalized spacial score (nSPS) is 12.9. The maximum absolute atomic E-state index is 11.0. The van der Waals surface area contributed by atoms with Crippen molar-refractivity contribution in [3.63, 3.8) is 0 Å². The molecule has 0 amide bonds. The van der Waals surface area contributed by atoms with Gasteiger partial charge in [-0.15, -0.1) is 10.2 Å². The fraction of sp³-hybridized carbons (Fsp3) is 0.188. The third-order valence-electron chi connectivity index (χ3n) is 3.03. The summed E-state index contributed by atoms with van der Waals surface area (Å²) in [4.78, 5) is 11.0. The molecule has 0 atom stereocenters. The Morgan fingerprint density at radius 3 is 2.80 bits per heavy atom. The fourth-order valence-electron chi connectivity index (χ4n) is 1.83. The molecule has 4 heteroatoms. The maximum atomic E-state index is 11.0. The van der Waals surface area contributed by atoms with Crippen molar-refractivity contribution in [1.29, 1.82) is 0 Å². The summed E-state index contributed by atoms with van der Waals surface area (Å²) in [5, 5.41) is 10.7. The van der Waals surface area contributed by atoms with Crippen molar-refractivity contribution in [3.8, 4) is 10.6 Å². The Morgan fingerprint density at radius 2 is 2.20 bits per heavy atom. The van der Waals surface area contributed by atoms with Crippen molar-refractivity contribution in [2.24, 2.45) is 5.92 Å². The second-order valence-electron chi connectivity index (χ2n) is 4.73. The number of hydrogen-bond acceptors (Lipinski definition) is 4. The summed E-state index contributed by atoms with van der Waals surface area (Å²) in [6.45, 7) is 8.04. The van der Waals surface area contributed by atoms with E-state index in [-0.39, 0.29) is 5.92 Å². The van der Waals surface area contributed by atoms with E-state index in [1.165, 1.54) is 11.3 Å². The molecule has 0 N–H and O–H groups in total. The Labute approximate surface area is 122 Å². The smallest absolute Gasteiger partial charge is 0.148 e. The molecule has 102 valence electrons. The van der Waals surface area contributed by atoms with E-state index >= 15 is 0 Å². The van der Waals surface area contributed by atoms with Gasteiger partial charge in [-0.1, -0.05) is 62.1 Å². The molecule has 0 aliphatic rings. The highest BCUT2D eigenvalue weighted by atomic mass is 32.1. The van der Waals surface area contributed by atoms with Crippen molar-refractivity contribution >= 4 is 30.3 Å². The van der Waals surface area contributed by atoms with E-state index in [9.17, 15) is 4.79 Å². The molecular weight excluding hydrogens is 268 g/mol. The van der Waals surface area contributed by atoms with E-state index in [4.69, 9.17) is 0 Å². The molecule has 1 heterocycles. The molecular formula is C16H16N2OS. The van der Waals surface area contributed by atoms with Gasteiger partial charge in [0.1, 0.15) is 16.8 Å². The molecule has 0 bridgehead atoms. The quantitative estimate of drug-likeness (QED) is 0.638. The summed E-state index contributed by atoms with van der Waals surface area (Å²) in [7, 11) is 0. The van der Waals surface area contributed by atoms with Crippen molar-refractivity contribution < 1.29 is 4.79 Å². The van der Waals surface area contributed by atoms with Gasteiger partial charge in [-0.05, 0) is 21.9 Å². The lowest BCUT2D eigenvalue weighted by molar-refractivity contribution is -0.105. The molecule has 2 aromatic rings. The molecule has 3 nitrogen and oxygen atoms in total. The van der Waals surface area contributed by atoms with Crippen LogP contribution >= 0.6 is 11.3 Å². The zero-order valence-electron chi connectivity index (χ0n) is 11.5. The highest BCUT2D eigenvalue weighted by molar-refractivity contribution is 7.12. The Bertz CT molecular complexity index is 730. The number of nitrogens with zero attached hydrogens (tertiary/aromatic N) is 2. The lowest BCUT2D eigenvalue weighted by Crippen LogP contribution is -2.24. The van der Waals surface area contributed by atoms with Gasteiger partial charge in [0.2, 0.25) is 0 Å². The van der Waals surface area contributed by atoms with E-state index in [1.54, 1.807) is 5.51 Å². The Kier molecular flexibility index (Phi) is 4.58. The molecule has 0 saturated heterocycles. The monoisotopic (exact) mass is 284 g/mol. The van der Waals surface area contributed by atoms with Crippen LogP contribution in [0.2, 0.25) is 0 Å². The Morgan fingerprint density at radius 1 is 1.40 bits per heavy atom. The van der Waals surface area contributed by atoms with Gasteiger partial charge < -0.3 is 0 Å². The third-order valence-corrected chi connectivity index (χ3v) is 3.76. The number of hydrogen-bond donors (Lipinski definition) is 0. The number of carbonyl (C=O) groups excluding carboxylic acids is 1. The van der Waals surface area contributed by atoms with Gasteiger partial charge >= 0.3 is 0 Å². The van der Waals surface area contributed by atoms with E-state index < -0.39 is 0 Å². The van der Waals surface area contributed by atoms with Crippen LogP contribution in [-0.2, 0) is 4.79 Å². The van der Waals surface area contributed by atoms with Gasteiger partial charge in [0, 0.05) is 5.56 Å². The number of rotatable bonds is 4. The molecule has 0 saturated carbocycles. The van der Waals surface area contributed by atoms with Crippen molar-refractivity contribution in [2.45, 2.75) is 13.8 Å². The SMILES string of the molecule is C=c1cccc(-c2nncs2)/c1=C/C=C(/C=O)C(C)C. The van der Waals surface area contributed by atoms with Gasteiger partial charge in [-0.2, -0.15) is 0 Å². The van der Waals surface area contributed by atoms with Gasteiger partial charge in [-0.3, -0.25) is 4.79 Å². The summed E-state index contributed by atoms with van der Waals surface area (Å²) >= 11 is 1.48. The highest BCUT2D eigenvalue weighted by Gasteiger charge is 2.04. The summed E-state index contributed by atoms with van der Waals surface area (Å²) in [5.41, 5.74) is 3.46. The van der Waals surface area contributed by atoms with Crippen LogP contribution < -0.4 is 10.4 Å². The van der Waals surface area contributed by atoms with Crippen molar-refractivity contribution in [2.75, 3.05) is 0 Å². The first-order chi connectivity index (χ1) is 9.63. The van der Waals surface area contributed by atoms with Crippen LogP contribution in [0, 0.1) is 5.92 Å². The average molecular weight is 284 g/mol. The minimum Gasteiger partial charge on any atom is -0.298 e. The number of allylic oxidation sites excluding steroid dienone is 2. The molecule has 1 aromatic carbocycles. The summed E-state index contributed by atoms with van der Waals surface area (Å²) in [6, 6.07) is 5.88. The molecule has 0 radical (unpaired) electrons. The van der Waals surface area contributed by atoms with Crippen LogP contribution in [0.25, 0.3) is 23.2 Å². The van der Waals surface area contributed by atoms with Gasteiger partial charge in [0.05, 0.1) is 0 Å². The maximum Gasteiger partial charge on any atom is 0.148 e. The summed E-state index contributed by atoms with van der Waals surface area (Å²) < 4.78 is 0. The third kappa shape index (κ3) is 3.08. The van der Waals surface area contributed by atoms with Crippen molar-refractivity contribution in [1.82, 2.24) is 10.2 Å². The highest BCUT2D eigenvalue weighted by Crippen LogP contribution is 2.15. The molecule has 2 rings (SSSR count). The minimum atomic E-state index is 0.200. The Hall–Kier alpha value is -2.07. The van der Waals surface area contributed by atoms with Crippen LogP contribution in [0.1, 0.15) is 13.8 Å². The number of carbonyl (C=O) groups is 1. The largest absolute Gasteiger partial charge is 0.298 e. The first-order valence-electron chi connectivity index (χ1n) is 6.35.